The fourth-order valence-electron chi connectivity index (χ4n) is 1.41. The second kappa shape index (κ2) is 6.12. The second-order valence-electron chi connectivity index (χ2n) is 5.22. The van der Waals surface area contributed by atoms with E-state index in [4.69, 9.17) is 5.11 Å². The van der Waals surface area contributed by atoms with E-state index < -0.39 is 36.2 Å². The number of carbonyl (C=O) groups excluding carboxylic acids is 1. The maximum Gasteiger partial charge on any atom is 0.406 e. The lowest BCUT2D eigenvalue weighted by atomic mass is 9.87. The fourth-order valence-corrected chi connectivity index (χ4v) is 1.41. The quantitative estimate of drug-likeness (QED) is 0.830. The number of halogens is 3. The third-order valence-corrected chi connectivity index (χ3v) is 2.42. The normalized spacial score (nSPS) is 13.8. The maximum atomic E-state index is 12.2. The van der Waals surface area contributed by atoms with Gasteiger partial charge in [-0.3, -0.25) is 0 Å². The third-order valence-electron chi connectivity index (χ3n) is 2.42. The number of aliphatic carboxylic acids is 1. The highest BCUT2D eigenvalue weighted by Crippen LogP contribution is 2.20. The zero-order chi connectivity index (χ0) is 15.4. The number of rotatable bonds is 4. The van der Waals surface area contributed by atoms with Crippen LogP contribution in [0.4, 0.5) is 18.0 Å². The molecule has 0 saturated carbocycles. The first-order valence-corrected chi connectivity index (χ1v) is 5.73. The van der Waals surface area contributed by atoms with E-state index in [9.17, 15) is 22.8 Å². The van der Waals surface area contributed by atoms with Crippen LogP contribution in [0.5, 0.6) is 0 Å². The van der Waals surface area contributed by atoms with E-state index in [2.05, 4.69) is 5.32 Å². The number of nitrogens with one attached hydrogen (secondary N) is 1. The van der Waals surface area contributed by atoms with Gasteiger partial charge in [0.25, 0.3) is 0 Å². The summed E-state index contributed by atoms with van der Waals surface area (Å²) in [6.45, 7) is 4.54. The van der Waals surface area contributed by atoms with Gasteiger partial charge in [-0.2, -0.15) is 13.2 Å². The number of nitrogens with zero attached hydrogens (tertiary/aromatic N) is 1. The summed E-state index contributed by atoms with van der Waals surface area (Å²) < 4.78 is 36.7. The minimum absolute atomic E-state index is 0.165. The summed E-state index contributed by atoms with van der Waals surface area (Å²) in [5.74, 6) is -1.29. The van der Waals surface area contributed by atoms with Crippen LogP contribution >= 0.6 is 0 Å². The SMILES string of the molecule is CCN(CC(F)(F)F)C(=O)N[C@H](C(=O)O)C(C)(C)C. The van der Waals surface area contributed by atoms with Crippen LogP contribution in [0.15, 0.2) is 0 Å². The van der Waals surface area contributed by atoms with Crippen LogP contribution < -0.4 is 5.32 Å². The number of carboxylic acids is 1. The Bertz CT molecular complexity index is 337. The maximum absolute atomic E-state index is 12.2. The van der Waals surface area contributed by atoms with Gasteiger partial charge in [-0.25, -0.2) is 9.59 Å². The topological polar surface area (TPSA) is 69.6 Å². The molecule has 0 aliphatic carbocycles. The van der Waals surface area contributed by atoms with Gasteiger partial charge in [-0.15, -0.1) is 0 Å². The number of carboxylic acid groups (broad SMARTS) is 1. The van der Waals surface area contributed by atoms with Crippen molar-refractivity contribution in [1.82, 2.24) is 10.2 Å². The summed E-state index contributed by atoms with van der Waals surface area (Å²) in [4.78, 5) is 23.2. The zero-order valence-corrected chi connectivity index (χ0v) is 11.3. The van der Waals surface area contributed by atoms with Crippen LogP contribution in [-0.2, 0) is 4.79 Å². The molecule has 2 N–H and O–H groups in total. The lowest BCUT2D eigenvalue weighted by Gasteiger charge is -2.31. The van der Waals surface area contributed by atoms with Gasteiger partial charge in [0.2, 0.25) is 0 Å². The van der Waals surface area contributed by atoms with Crippen molar-refractivity contribution in [3.63, 3.8) is 0 Å². The predicted molar refractivity (Wildman–Crippen MR) is 62.7 cm³/mol. The number of carbonyl (C=O) groups is 2. The molecular formula is C11H19F3N2O3. The zero-order valence-electron chi connectivity index (χ0n) is 11.3. The molecule has 0 aromatic rings. The molecule has 112 valence electrons. The van der Waals surface area contributed by atoms with Crippen molar-refractivity contribution in [1.29, 1.82) is 0 Å². The monoisotopic (exact) mass is 284 g/mol. The van der Waals surface area contributed by atoms with E-state index in [1.807, 2.05) is 0 Å². The Kier molecular flexibility index (Phi) is 5.64. The Morgan fingerprint density at radius 1 is 1.26 bits per heavy atom. The lowest BCUT2D eigenvalue weighted by molar-refractivity contribution is -0.142. The Hall–Kier alpha value is -1.47. The van der Waals surface area contributed by atoms with E-state index in [1.54, 1.807) is 20.8 Å². The molecule has 19 heavy (non-hydrogen) atoms. The highest BCUT2D eigenvalue weighted by Gasteiger charge is 2.36. The third kappa shape index (κ3) is 6.30. The van der Waals surface area contributed by atoms with Crippen molar-refractivity contribution in [3.05, 3.63) is 0 Å². The van der Waals surface area contributed by atoms with E-state index in [-0.39, 0.29) is 6.54 Å². The van der Waals surface area contributed by atoms with Crippen molar-refractivity contribution in [2.45, 2.75) is 39.9 Å². The number of hydrogen-bond donors (Lipinski definition) is 2. The molecule has 0 unspecified atom stereocenters. The lowest BCUT2D eigenvalue weighted by Crippen LogP contribution is -2.54. The van der Waals surface area contributed by atoms with Gasteiger partial charge < -0.3 is 15.3 Å². The first-order chi connectivity index (χ1) is 8.38. The summed E-state index contributed by atoms with van der Waals surface area (Å²) in [5.41, 5.74) is -0.806. The van der Waals surface area contributed by atoms with E-state index in [0.717, 1.165) is 0 Å². The Labute approximate surface area is 109 Å². The minimum atomic E-state index is -4.52. The average molecular weight is 284 g/mol. The number of amides is 2. The highest BCUT2D eigenvalue weighted by atomic mass is 19.4. The first kappa shape index (κ1) is 17.5. The molecule has 0 aliphatic rings. The molecule has 0 saturated heterocycles. The van der Waals surface area contributed by atoms with Gasteiger partial charge in [-0.05, 0) is 12.3 Å². The van der Waals surface area contributed by atoms with Crippen molar-refractivity contribution >= 4 is 12.0 Å². The van der Waals surface area contributed by atoms with E-state index >= 15 is 0 Å². The Morgan fingerprint density at radius 2 is 1.74 bits per heavy atom. The molecule has 0 fully saturated rings. The smallest absolute Gasteiger partial charge is 0.406 e. The molecule has 5 nitrogen and oxygen atoms in total. The fraction of sp³-hybridized carbons (Fsp3) is 0.818. The molecule has 0 aromatic heterocycles. The largest absolute Gasteiger partial charge is 0.480 e. The molecule has 1 atom stereocenters. The molecule has 0 rings (SSSR count). The van der Waals surface area contributed by atoms with E-state index in [0.29, 0.717) is 4.90 Å². The number of alkyl halides is 3. The second-order valence-corrected chi connectivity index (χ2v) is 5.22. The highest BCUT2D eigenvalue weighted by molar-refractivity contribution is 5.83. The first-order valence-electron chi connectivity index (χ1n) is 5.73. The standard InChI is InChI=1S/C11H19F3N2O3/c1-5-16(6-11(12,13)14)9(19)15-7(8(17)18)10(2,3)4/h7H,5-6H2,1-4H3,(H,15,19)(H,17,18)/t7-/m1/s1. The van der Waals surface area contributed by atoms with Gasteiger partial charge >= 0.3 is 18.2 Å². The molecule has 8 heteroatoms. The molecule has 2 amide bonds. The van der Waals surface area contributed by atoms with Gasteiger partial charge in [0.1, 0.15) is 12.6 Å². The van der Waals surface area contributed by atoms with Crippen molar-refractivity contribution in [2.75, 3.05) is 13.1 Å². The number of urea groups is 1. The molecular weight excluding hydrogens is 265 g/mol. The molecule has 0 aliphatic heterocycles. The summed E-state index contributed by atoms with van der Waals surface area (Å²) in [6, 6.07) is -2.30. The van der Waals surface area contributed by atoms with Crippen molar-refractivity contribution in [3.8, 4) is 0 Å². The minimum Gasteiger partial charge on any atom is -0.480 e. The van der Waals surface area contributed by atoms with Crippen LogP contribution in [-0.4, -0.2) is 47.3 Å². The molecule has 0 radical (unpaired) electrons. The molecule has 0 bridgehead atoms. The Morgan fingerprint density at radius 3 is 2.00 bits per heavy atom. The van der Waals surface area contributed by atoms with Crippen LogP contribution in [0, 0.1) is 5.41 Å². The van der Waals surface area contributed by atoms with Crippen LogP contribution in [0.1, 0.15) is 27.7 Å². The van der Waals surface area contributed by atoms with E-state index in [1.165, 1.54) is 6.92 Å². The Balaban J connectivity index is 4.85. The van der Waals surface area contributed by atoms with Crippen molar-refractivity contribution in [2.24, 2.45) is 5.41 Å². The molecule has 0 aromatic carbocycles. The average Bonchev–Trinajstić information content (AvgIpc) is 2.18. The van der Waals surface area contributed by atoms with Gasteiger partial charge in [0.05, 0.1) is 0 Å². The number of hydrogen-bond acceptors (Lipinski definition) is 2. The van der Waals surface area contributed by atoms with Crippen LogP contribution in [0.25, 0.3) is 0 Å². The van der Waals surface area contributed by atoms with Crippen molar-refractivity contribution < 1.29 is 27.9 Å². The predicted octanol–water partition coefficient (Wildman–Crippen LogP) is 2.08. The van der Waals surface area contributed by atoms with Gasteiger partial charge in [0, 0.05) is 6.54 Å². The van der Waals surface area contributed by atoms with Crippen LogP contribution in [0.3, 0.4) is 0 Å². The molecule has 0 spiro atoms. The van der Waals surface area contributed by atoms with Crippen LogP contribution in [0.2, 0.25) is 0 Å². The summed E-state index contributed by atoms with van der Waals surface area (Å²) >= 11 is 0. The summed E-state index contributed by atoms with van der Waals surface area (Å²) in [6.07, 6.45) is -4.52. The van der Waals surface area contributed by atoms with Gasteiger partial charge in [-0.1, -0.05) is 20.8 Å². The summed E-state index contributed by atoms with van der Waals surface area (Å²) in [5, 5.41) is 11.1. The van der Waals surface area contributed by atoms with Gasteiger partial charge in [0.15, 0.2) is 0 Å². The summed E-state index contributed by atoms with van der Waals surface area (Å²) in [7, 11) is 0. The molecule has 0 heterocycles.